The number of hydrogen-bond donors (Lipinski definition) is 1. The SMILES string of the molecule is CC1CCC(N(C)c2nc3c(cc2CN)CCC3)CC1. The monoisotopic (exact) mass is 273 g/mol. The lowest BCUT2D eigenvalue weighted by Gasteiger charge is -2.35. The third-order valence-electron chi connectivity index (χ3n) is 5.19. The van der Waals surface area contributed by atoms with E-state index in [-0.39, 0.29) is 0 Å². The van der Waals surface area contributed by atoms with Crippen molar-refractivity contribution < 1.29 is 0 Å². The Kier molecular flexibility index (Phi) is 3.97. The van der Waals surface area contributed by atoms with Gasteiger partial charge in [-0.3, -0.25) is 0 Å². The highest BCUT2D eigenvalue weighted by Crippen LogP contribution is 2.32. The summed E-state index contributed by atoms with van der Waals surface area (Å²) in [7, 11) is 2.21. The molecule has 0 unspecified atom stereocenters. The summed E-state index contributed by atoms with van der Waals surface area (Å²) in [5.41, 5.74) is 9.94. The predicted molar refractivity (Wildman–Crippen MR) is 84.0 cm³/mol. The van der Waals surface area contributed by atoms with Crippen LogP contribution in [-0.4, -0.2) is 18.1 Å². The average Bonchev–Trinajstić information content (AvgIpc) is 2.93. The summed E-state index contributed by atoms with van der Waals surface area (Å²) in [5, 5.41) is 0. The Bertz CT molecular complexity index is 475. The first-order valence-electron chi connectivity index (χ1n) is 8.13. The average molecular weight is 273 g/mol. The second-order valence-corrected chi connectivity index (χ2v) is 6.66. The number of aryl methyl sites for hydroxylation is 2. The topological polar surface area (TPSA) is 42.2 Å². The third kappa shape index (κ3) is 2.56. The zero-order valence-electron chi connectivity index (χ0n) is 12.9. The van der Waals surface area contributed by atoms with E-state index in [0.29, 0.717) is 12.6 Å². The summed E-state index contributed by atoms with van der Waals surface area (Å²) < 4.78 is 0. The maximum absolute atomic E-state index is 5.97. The largest absolute Gasteiger partial charge is 0.356 e. The molecule has 0 aromatic carbocycles. The van der Waals surface area contributed by atoms with Crippen molar-refractivity contribution in [2.75, 3.05) is 11.9 Å². The maximum atomic E-state index is 5.97. The van der Waals surface area contributed by atoms with Gasteiger partial charge in [-0.05, 0) is 62.5 Å². The highest BCUT2D eigenvalue weighted by Gasteiger charge is 2.25. The number of fused-ring (bicyclic) bond motifs is 1. The highest BCUT2D eigenvalue weighted by atomic mass is 15.2. The Hall–Kier alpha value is -1.09. The van der Waals surface area contributed by atoms with E-state index in [4.69, 9.17) is 10.7 Å². The fourth-order valence-electron chi connectivity index (χ4n) is 3.77. The predicted octanol–water partition coefficient (Wildman–Crippen LogP) is 3.04. The van der Waals surface area contributed by atoms with E-state index in [1.54, 1.807) is 0 Å². The summed E-state index contributed by atoms with van der Waals surface area (Å²) >= 11 is 0. The zero-order chi connectivity index (χ0) is 14.1. The molecule has 2 N–H and O–H groups in total. The van der Waals surface area contributed by atoms with Crippen molar-refractivity contribution in [3.05, 3.63) is 22.9 Å². The van der Waals surface area contributed by atoms with Gasteiger partial charge in [0, 0.05) is 30.9 Å². The number of anilines is 1. The second kappa shape index (κ2) is 5.72. The number of hydrogen-bond acceptors (Lipinski definition) is 3. The van der Waals surface area contributed by atoms with Crippen LogP contribution in [0, 0.1) is 5.92 Å². The van der Waals surface area contributed by atoms with Crippen molar-refractivity contribution in [1.29, 1.82) is 0 Å². The van der Waals surface area contributed by atoms with Crippen molar-refractivity contribution in [3.63, 3.8) is 0 Å². The Morgan fingerprint density at radius 1 is 1.25 bits per heavy atom. The van der Waals surface area contributed by atoms with Crippen LogP contribution in [0.1, 0.15) is 55.8 Å². The van der Waals surface area contributed by atoms with E-state index >= 15 is 0 Å². The van der Waals surface area contributed by atoms with Crippen molar-refractivity contribution in [2.45, 2.75) is 64.5 Å². The number of nitrogens with two attached hydrogens (primary N) is 1. The molecule has 2 aliphatic rings. The first kappa shape index (κ1) is 13.9. The van der Waals surface area contributed by atoms with Gasteiger partial charge in [0.25, 0.3) is 0 Å². The van der Waals surface area contributed by atoms with E-state index in [1.807, 2.05) is 0 Å². The molecule has 1 fully saturated rings. The molecule has 2 aliphatic carbocycles. The van der Waals surface area contributed by atoms with Gasteiger partial charge in [0.15, 0.2) is 0 Å². The normalized spacial score (nSPS) is 25.6. The van der Waals surface area contributed by atoms with Crippen LogP contribution in [0.2, 0.25) is 0 Å². The van der Waals surface area contributed by atoms with Crippen molar-refractivity contribution in [2.24, 2.45) is 11.7 Å². The van der Waals surface area contributed by atoms with E-state index in [9.17, 15) is 0 Å². The van der Waals surface area contributed by atoms with Gasteiger partial charge in [0.2, 0.25) is 0 Å². The molecule has 3 heteroatoms. The minimum atomic E-state index is 0.600. The Balaban J connectivity index is 1.85. The van der Waals surface area contributed by atoms with Gasteiger partial charge in [0.05, 0.1) is 0 Å². The van der Waals surface area contributed by atoms with E-state index in [1.165, 1.54) is 55.3 Å². The summed E-state index contributed by atoms with van der Waals surface area (Å²) in [6.45, 7) is 2.97. The zero-order valence-corrected chi connectivity index (χ0v) is 12.9. The van der Waals surface area contributed by atoms with Crippen LogP contribution in [0.5, 0.6) is 0 Å². The Labute approximate surface area is 122 Å². The minimum absolute atomic E-state index is 0.600. The molecule has 1 aromatic rings. The van der Waals surface area contributed by atoms with E-state index in [2.05, 4.69) is 24.9 Å². The van der Waals surface area contributed by atoms with Crippen LogP contribution in [0.3, 0.4) is 0 Å². The molecule has 0 aliphatic heterocycles. The molecule has 0 amide bonds. The van der Waals surface area contributed by atoms with E-state index < -0.39 is 0 Å². The highest BCUT2D eigenvalue weighted by molar-refractivity contribution is 5.51. The smallest absolute Gasteiger partial charge is 0.133 e. The van der Waals surface area contributed by atoms with Crippen LogP contribution in [-0.2, 0) is 19.4 Å². The van der Waals surface area contributed by atoms with Gasteiger partial charge in [-0.15, -0.1) is 0 Å². The molecular weight excluding hydrogens is 246 g/mol. The molecule has 0 saturated heterocycles. The third-order valence-corrected chi connectivity index (χ3v) is 5.19. The molecule has 0 bridgehead atoms. The van der Waals surface area contributed by atoms with Gasteiger partial charge in [-0.1, -0.05) is 6.92 Å². The quantitative estimate of drug-likeness (QED) is 0.920. The molecule has 1 heterocycles. The number of aromatic nitrogens is 1. The lowest BCUT2D eigenvalue weighted by molar-refractivity contribution is 0.339. The van der Waals surface area contributed by atoms with Crippen LogP contribution in [0.15, 0.2) is 6.07 Å². The summed E-state index contributed by atoms with van der Waals surface area (Å²) in [6, 6.07) is 2.95. The molecule has 20 heavy (non-hydrogen) atoms. The molecular formula is C17H27N3. The van der Waals surface area contributed by atoms with E-state index in [0.717, 1.165) is 18.2 Å². The van der Waals surface area contributed by atoms with Gasteiger partial charge in [0.1, 0.15) is 5.82 Å². The fraction of sp³-hybridized carbons (Fsp3) is 0.706. The fourth-order valence-corrected chi connectivity index (χ4v) is 3.77. The molecule has 1 saturated carbocycles. The first-order valence-corrected chi connectivity index (χ1v) is 8.13. The molecule has 1 aromatic heterocycles. The molecule has 0 atom stereocenters. The Morgan fingerprint density at radius 3 is 2.70 bits per heavy atom. The summed E-state index contributed by atoms with van der Waals surface area (Å²) in [4.78, 5) is 7.37. The van der Waals surface area contributed by atoms with Crippen LogP contribution < -0.4 is 10.6 Å². The van der Waals surface area contributed by atoms with Crippen LogP contribution in [0.4, 0.5) is 5.82 Å². The first-order chi connectivity index (χ1) is 9.69. The molecule has 110 valence electrons. The molecule has 3 nitrogen and oxygen atoms in total. The lowest BCUT2D eigenvalue weighted by atomic mass is 9.86. The standard InChI is InChI=1S/C17H27N3/c1-12-6-8-15(9-7-12)20(2)17-14(11-18)10-13-4-3-5-16(13)19-17/h10,12,15H,3-9,11,18H2,1-2H3. The number of pyridine rings is 1. The molecule has 0 spiro atoms. The summed E-state index contributed by atoms with van der Waals surface area (Å²) in [6.07, 6.45) is 8.85. The van der Waals surface area contributed by atoms with Crippen molar-refractivity contribution in [1.82, 2.24) is 4.98 Å². The minimum Gasteiger partial charge on any atom is -0.356 e. The molecule has 3 rings (SSSR count). The van der Waals surface area contributed by atoms with Gasteiger partial charge >= 0.3 is 0 Å². The molecule has 0 radical (unpaired) electrons. The lowest BCUT2D eigenvalue weighted by Crippen LogP contribution is -2.36. The van der Waals surface area contributed by atoms with Crippen LogP contribution >= 0.6 is 0 Å². The van der Waals surface area contributed by atoms with Gasteiger partial charge in [-0.2, -0.15) is 0 Å². The Morgan fingerprint density at radius 2 is 2.00 bits per heavy atom. The van der Waals surface area contributed by atoms with Gasteiger partial charge < -0.3 is 10.6 Å². The summed E-state index contributed by atoms with van der Waals surface area (Å²) in [5.74, 6) is 2.04. The second-order valence-electron chi connectivity index (χ2n) is 6.66. The number of nitrogens with zero attached hydrogens (tertiary/aromatic N) is 2. The van der Waals surface area contributed by atoms with Crippen molar-refractivity contribution in [3.8, 4) is 0 Å². The van der Waals surface area contributed by atoms with Gasteiger partial charge in [-0.25, -0.2) is 4.98 Å². The number of rotatable bonds is 3. The maximum Gasteiger partial charge on any atom is 0.133 e. The van der Waals surface area contributed by atoms with Crippen LogP contribution in [0.25, 0.3) is 0 Å². The van der Waals surface area contributed by atoms with Crippen molar-refractivity contribution >= 4 is 5.82 Å².